The molecule has 2 amide bonds. The Morgan fingerprint density at radius 3 is 2.62 bits per heavy atom. The van der Waals surface area contributed by atoms with Gasteiger partial charge in [0.2, 0.25) is 5.91 Å². The fourth-order valence-corrected chi connectivity index (χ4v) is 2.30. The van der Waals surface area contributed by atoms with E-state index < -0.39 is 5.54 Å². The molecule has 2 fully saturated rings. The highest BCUT2D eigenvalue weighted by Crippen LogP contribution is 2.33. The quantitative estimate of drug-likeness (QED) is 0.853. The molecule has 1 aliphatic carbocycles. The van der Waals surface area contributed by atoms with Gasteiger partial charge in [0.25, 0.3) is 5.91 Å². The normalized spacial score (nSPS) is 20.0. The van der Waals surface area contributed by atoms with Crippen LogP contribution in [0.15, 0.2) is 24.3 Å². The number of hydrogen-bond donors (Lipinski definition) is 2. The number of nitrogens with one attached hydrogen (secondary N) is 1. The number of amides is 2. The molecule has 0 atom stereocenters. The van der Waals surface area contributed by atoms with E-state index in [1.165, 1.54) is 0 Å². The van der Waals surface area contributed by atoms with E-state index in [1.807, 2.05) is 0 Å². The summed E-state index contributed by atoms with van der Waals surface area (Å²) in [4.78, 5) is 26.1. The molecule has 3 rings (SSSR count). The van der Waals surface area contributed by atoms with Gasteiger partial charge in [-0.25, -0.2) is 0 Å². The van der Waals surface area contributed by atoms with Gasteiger partial charge >= 0.3 is 0 Å². The van der Waals surface area contributed by atoms with Crippen LogP contribution < -0.4 is 11.1 Å². The molecule has 112 valence electrons. The fraction of sp³-hybridized carbons (Fsp3) is 0.467. The molecular weight excluding hydrogens is 270 g/mol. The Hall–Kier alpha value is -1.92. The summed E-state index contributed by atoms with van der Waals surface area (Å²) in [5.74, 6) is -0.221. The summed E-state index contributed by atoms with van der Waals surface area (Å²) < 4.78 is 5.24. The minimum absolute atomic E-state index is 0.0386. The summed E-state index contributed by atoms with van der Waals surface area (Å²) in [5, 5.41) is 2.78. The molecule has 6 heteroatoms. The van der Waals surface area contributed by atoms with Crippen LogP contribution in [0, 0.1) is 0 Å². The Kier molecular flexibility index (Phi) is 3.65. The number of rotatable bonds is 3. The number of morpholine rings is 1. The van der Waals surface area contributed by atoms with Crippen LogP contribution in [0.4, 0.5) is 5.69 Å². The van der Waals surface area contributed by atoms with Gasteiger partial charge in [-0.3, -0.25) is 9.59 Å². The van der Waals surface area contributed by atoms with Crippen LogP contribution >= 0.6 is 0 Å². The third kappa shape index (κ3) is 3.06. The van der Waals surface area contributed by atoms with Gasteiger partial charge in [-0.1, -0.05) is 6.07 Å². The number of carbonyl (C=O) groups is 2. The van der Waals surface area contributed by atoms with E-state index in [0.29, 0.717) is 50.4 Å². The Labute approximate surface area is 123 Å². The average molecular weight is 289 g/mol. The van der Waals surface area contributed by atoms with Crippen molar-refractivity contribution in [2.45, 2.75) is 18.4 Å². The van der Waals surface area contributed by atoms with Crippen LogP contribution in [0.5, 0.6) is 0 Å². The lowest BCUT2D eigenvalue weighted by Crippen LogP contribution is -2.40. The van der Waals surface area contributed by atoms with Gasteiger partial charge < -0.3 is 20.7 Å². The molecule has 1 heterocycles. The minimum atomic E-state index is -0.718. The van der Waals surface area contributed by atoms with Crippen LogP contribution in [-0.4, -0.2) is 48.6 Å². The van der Waals surface area contributed by atoms with Crippen molar-refractivity contribution < 1.29 is 14.3 Å². The van der Waals surface area contributed by atoms with Crippen molar-refractivity contribution in [2.24, 2.45) is 5.73 Å². The number of anilines is 1. The van der Waals surface area contributed by atoms with Crippen molar-refractivity contribution >= 4 is 17.5 Å². The summed E-state index contributed by atoms with van der Waals surface area (Å²) in [6, 6.07) is 6.98. The summed E-state index contributed by atoms with van der Waals surface area (Å²) in [7, 11) is 0. The Balaban J connectivity index is 1.70. The second-order valence-corrected chi connectivity index (χ2v) is 5.60. The van der Waals surface area contributed by atoms with E-state index >= 15 is 0 Å². The van der Waals surface area contributed by atoms with Crippen LogP contribution in [0.2, 0.25) is 0 Å². The lowest BCUT2D eigenvalue weighted by molar-refractivity contribution is -0.118. The number of nitrogens with zero attached hydrogens (tertiary/aromatic N) is 1. The highest BCUT2D eigenvalue weighted by atomic mass is 16.5. The monoisotopic (exact) mass is 289 g/mol. The molecule has 0 radical (unpaired) electrons. The highest BCUT2D eigenvalue weighted by molar-refractivity contribution is 6.01. The van der Waals surface area contributed by atoms with Crippen LogP contribution in [-0.2, 0) is 9.53 Å². The molecule has 3 N–H and O–H groups in total. The standard InChI is InChI=1S/C15H19N3O3/c16-15(4-5-15)14(20)17-12-3-1-2-11(10-12)13(19)18-6-8-21-9-7-18/h1-3,10H,4-9,16H2,(H,17,20). The molecule has 0 aromatic heterocycles. The van der Waals surface area contributed by atoms with Crippen LogP contribution in [0.3, 0.4) is 0 Å². The second kappa shape index (κ2) is 5.46. The third-order valence-electron chi connectivity index (χ3n) is 3.91. The number of ether oxygens (including phenoxy) is 1. The first-order chi connectivity index (χ1) is 10.1. The first-order valence-electron chi connectivity index (χ1n) is 7.16. The maximum absolute atomic E-state index is 12.4. The first-order valence-corrected chi connectivity index (χ1v) is 7.16. The van der Waals surface area contributed by atoms with Gasteiger partial charge in [0, 0.05) is 24.3 Å². The lowest BCUT2D eigenvalue weighted by Gasteiger charge is -2.27. The van der Waals surface area contributed by atoms with Crippen molar-refractivity contribution in [3.05, 3.63) is 29.8 Å². The average Bonchev–Trinajstić information content (AvgIpc) is 3.27. The zero-order valence-corrected chi connectivity index (χ0v) is 11.8. The summed E-state index contributed by atoms with van der Waals surface area (Å²) in [5.41, 5.74) is 6.31. The van der Waals surface area contributed by atoms with Crippen molar-refractivity contribution in [1.82, 2.24) is 4.90 Å². The van der Waals surface area contributed by atoms with E-state index in [9.17, 15) is 9.59 Å². The molecule has 1 saturated carbocycles. The second-order valence-electron chi connectivity index (χ2n) is 5.60. The Morgan fingerprint density at radius 1 is 1.24 bits per heavy atom. The molecular formula is C15H19N3O3. The molecule has 21 heavy (non-hydrogen) atoms. The topological polar surface area (TPSA) is 84.7 Å². The fourth-order valence-electron chi connectivity index (χ4n) is 2.30. The zero-order chi connectivity index (χ0) is 14.9. The van der Waals surface area contributed by atoms with Crippen molar-refractivity contribution in [3.63, 3.8) is 0 Å². The number of benzene rings is 1. The summed E-state index contributed by atoms with van der Waals surface area (Å²) >= 11 is 0. The molecule has 1 aromatic carbocycles. The van der Waals surface area contributed by atoms with Crippen molar-refractivity contribution in [3.8, 4) is 0 Å². The minimum Gasteiger partial charge on any atom is -0.378 e. The number of carbonyl (C=O) groups excluding carboxylic acids is 2. The number of hydrogen-bond acceptors (Lipinski definition) is 4. The molecule has 1 aromatic rings. The van der Waals surface area contributed by atoms with Gasteiger partial charge in [-0.15, -0.1) is 0 Å². The summed E-state index contributed by atoms with van der Waals surface area (Å²) in [6.45, 7) is 2.33. The van der Waals surface area contributed by atoms with Gasteiger partial charge in [-0.2, -0.15) is 0 Å². The largest absolute Gasteiger partial charge is 0.378 e. The lowest BCUT2D eigenvalue weighted by atomic mass is 10.1. The van der Waals surface area contributed by atoms with E-state index in [-0.39, 0.29) is 11.8 Å². The molecule has 6 nitrogen and oxygen atoms in total. The molecule has 1 aliphatic heterocycles. The van der Waals surface area contributed by atoms with Crippen molar-refractivity contribution in [2.75, 3.05) is 31.6 Å². The van der Waals surface area contributed by atoms with E-state index in [4.69, 9.17) is 10.5 Å². The predicted molar refractivity (Wildman–Crippen MR) is 77.9 cm³/mol. The molecule has 1 saturated heterocycles. The smallest absolute Gasteiger partial charge is 0.254 e. The van der Waals surface area contributed by atoms with Crippen molar-refractivity contribution in [1.29, 1.82) is 0 Å². The van der Waals surface area contributed by atoms with Gasteiger partial charge in [0.15, 0.2) is 0 Å². The predicted octanol–water partition coefficient (Wildman–Crippen LogP) is 0.589. The molecule has 0 spiro atoms. The van der Waals surface area contributed by atoms with Gasteiger partial charge in [-0.05, 0) is 31.0 Å². The maximum atomic E-state index is 12.4. The van der Waals surface area contributed by atoms with E-state index in [1.54, 1.807) is 29.2 Å². The SMILES string of the molecule is NC1(C(=O)Nc2cccc(C(=O)N3CCOCC3)c2)CC1. The van der Waals surface area contributed by atoms with E-state index in [0.717, 1.165) is 0 Å². The summed E-state index contributed by atoms with van der Waals surface area (Å²) in [6.07, 6.45) is 1.43. The molecule has 2 aliphatic rings. The Bertz CT molecular complexity index is 563. The number of nitrogens with two attached hydrogens (primary N) is 1. The van der Waals surface area contributed by atoms with Crippen LogP contribution in [0.25, 0.3) is 0 Å². The highest BCUT2D eigenvalue weighted by Gasteiger charge is 2.45. The molecule has 0 unspecified atom stereocenters. The third-order valence-corrected chi connectivity index (χ3v) is 3.91. The molecule has 0 bridgehead atoms. The van der Waals surface area contributed by atoms with Gasteiger partial charge in [0.1, 0.15) is 0 Å². The van der Waals surface area contributed by atoms with Gasteiger partial charge in [0.05, 0.1) is 18.8 Å². The first kappa shape index (κ1) is 14.0. The van der Waals surface area contributed by atoms with Crippen LogP contribution in [0.1, 0.15) is 23.2 Å². The Morgan fingerprint density at radius 2 is 1.95 bits per heavy atom. The van der Waals surface area contributed by atoms with E-state index in [2.05, 4.69) is 5.32 Å². The zero-order valence-electron chi connectivity index (χ0n) is 11.8. The maximum Gasteiger partial charge on any atom is 0.254 e.